The average Bonchev–Trinajstić information content (AvgIpc) is 2.83. The molecule has 2 aliphatic rings. The van der Waals surface area contributed by atoms with Gasteiger partial charge in [-0.1, -0.05) is 18.2 Å². The highest BCUT2D eigenvalue weighted by molar-refractivity contribution is 5.61. The molecule has 0 atom stereocenters. The number of rotatable bonds is 2. The van der Waals surface area contributed by atoms with E-state index in [0.717, 1.165) is 26.2 Å². The van der Waals surface area contributed by atoms with E-state index in [1.165, 1.54) is 29.8 Å². The topological polar surface area (TPSA) is 18.5 Å². The molecule has 1 fully saturated rings. The highest BCUT2D eigenvalue weighted by Gasteiger charge is 2.31. The van der Waals surface area contributed by atoms with Gasteiger partial charge < -0.3 is 5.32 Å². The summed E-state index contributed by atoms with van der Waals surface area (Å²) in [5.41, 5.74) is 4.64. The zero-order valence-corrected chi connectivity index (χ0v) is 12.4. The second-order valence-corrected chi connectivity index (χ2v) is 6.57. The molecule has 2 heterocycles. The highest BCUT2D eigenvalue weighted by atomic mass is 15.3. The zero-order chi connectivity index (χ0) is 13.5. The molecule has 3 heteroatoms. The summed E-state index contributed by atoms with van der Waals surface area (Å²) in [6, 6.07) is 6.75. The van der Waals surface area contributed by atoms with Crippen molar-refractivity contribution in [2.45, 2.75) is 32.4 Å². The quantitative estimate of drug-likeness (QED) is 0.878. The lowest BCUT2D eigenvalue weighted by Crippen LogP contribution is -2.57. The molecule has 19 heavy (non-hydrogen) atoms. The predicted octanol–water partition coefficient (Wildman–Crippen LogP) is 2.18. The lowest BCUT2D eigenvalue weighted by Gasteiger charge is -2.45. The van der Waals surface area contributed by atoms with Gasteiger partial charge in [0.05, 0.1) is 0 Å². The third-order valence-electron chi connectivity index (χ3n) is 4.72. The third-order valence-corrected chi connectivity index (χ3v) is 4.72. The maximum absolute atomic E-state index is 3.55. The van der Waals surface area contributed by atoms with Crippen molar-refractivity contribution in [3.05, 3.63) is 29.3 Å². The van der Waals surface area contributed by atoms with Crippen molar-refractivity contribution in [1.29, 1.82) is 0 Å². The fourth-order valence-corrected chi connectivity index (χ4v) is 3.26. The Labute approximate surface area is 116 Å². The molecule has 3 rings (SSSR count). The monoisotopic (exact) mass is 259 g/mol. The minimum Gasteiger partial charge on any atom is -0.384 e. The van der Waals surface area contributed by atoms with E-state index in [-0.39, 0.29) is 5.54 Å². The van der Waals surface area contributed by atoms with Crippen molar-refractivity contribution >= 4 is 5.69 Å². The minimum absolute atomic E-state index is 0.281. The van der Waals surface area contributed by atoms with Crippen LogP contribution in [0.2, 0.25) is 0 Å². The van der Waals surface area contributed by atoms with Gasteiger partial charge in [-0.25, -0.2) is 0 Å². The van der Waals surface area contributed by atoms with Gasteiger partial charge in [0.1, 0.15) is 0 Å². The molecule has 0 spiro atoms. The predicted molar refractivity (Wildman–Crippen MR) is 80.6 cm³/mol. The van der Waals surface area contributed by atoms with E-state index < -0.39 is 0 Å². The fraction of sp³-hybridized carbons (Fsp3) is 0.625. The zero-order valence-electron chi connectivity index (χ0n) is 12.4. The molecule has 0 unspecified atom stereocenters. The van der Waals surface area contributed by atoms with Crippen molar-refractivity contribution < 1.29 is 0 Å². The van der Waals surface area contributed by atoms with Gasteiger partial charge in [-0.2, -0.15) is 0 Å². The van der Waals surface area contributed by atoms with Gasteiger partial charge in [-0.3, -0.25) is 9.80 Å². The summed E-state index contributed by atoms with van der Waals surface area (Å²) in [5, 5.41) is 3.55. The van der Waals surface area contributed by atoms with E-state index >= 15 is 0 Å². The summed E-state index contributed by atoms with van der Waals surface area (Å²) in [5.74, 6) is 0. The third kappa shape index (κ3) is 2.49. The van der Waals surface area contributed by atoms with Crippen molar-refractivity contribution in [2.24, 2.45) is 0 Å². The molecule has 1 saturated heterocycles. The number of nitrogens with zero attached hydrogens (tertiary/aromatic N) is 2. The second-order valence-electron chi connectivity index (χ2n) is 6.57. The number of para-hydroxylation sites is 1. The number of nitrogens with one attached hydrogen (secondary N) is 1. The summed E-state index contributed by atoms with van der Waals surface area (Å²) < 4.78 is 0. The summed E-state index contributed by atoms with van der Waals surface area (Å²) >= 11 is 0. The Kier molecular flexibility index (Phi) is 3.27. The molecular formula is C16H25N3. The number of hydrogen-bond acceptors (Lipinski definition) is 3. The largest absolute Gasteiger partial charge is 0.384 e. The van der Waals surface area contributed by atoms with Crippen LogP contribution < -0.4 is 5.32 Å². The molecular weight excluding hydrogens is 234 g/mol. The molecule has 0 aliphatic carbocycles. The maximum Gasteiger partial charge on any atom is 0.0419 e. The minimum atomic E-state index is 0.281. The van der Waals surface area contributed by atoms with E-state index in [2.05, 4.69) is 54.2 Å². The maximum atomic E-state index is 3.55. The molecule has 0 bridgehead atoms. The Morgan fingerprint density at radius 2 is 2.11 bits per heavy atom. The summed E-state index contributed by atoms with van der Waals surface area (Å²) in [6.07, 6.45) is 1.18. The first-order chi connectivity index (χ1) is 9.06. The molecule has 1 aromatic carbocycles. The number of benzene rings is 1. The van der Waals surface area contributed by atoms with Crippen molar-refractivity contribution in [1.82, 2.24) is 9.80 Å². The van der Waals surface area contributed by atoms with E-state index in [4.69, 9.17) is 0 Å². The number of hydrogen-bond donors (Lipinski definition) is 1. The highest BCUT2D eigenvalue weighted by Crippen LogP contribution is 2.28. The van der Waals surface area contributed by atoms with Gasteiger partial charge in [-0.15, -0.1) is 0 Å². The van der Waals surface area contributed by atoms with Gasteiger partial charge in [0, 0.05) is 44.0 Å². The molecule has 0 aromatic heterocycles. The Morgan fingerprint density at radius 3 is 2.89 bits per heavy atom. The van der Waals surface area contributed by atoms with Crippen LogP contribution in [0.25, 0.3) is 0 Å². The smallest absolute Gasteiger partial charge is 0.0419 e. The Bertz CT molecular complexity index is 467. The number of fused-ring (bicyclic) bond motifs is 1. The van der Waals surface area contributed by atoms with Gasteiger partial charge >= 0.3 is 0 Å². The van der Waals surface area contributed by atoms with Gasteiger partial charge in [-0.05, 0) is 38.4 Å². The standard InChI is InChI=1S/C16H25N3/c1-16(2)12-19(10-9-18(16)3)11-14-6-4-5-13-7-8-17-15(13)14/h4-6,17H,7-12H2,1-3H3. The van der Waals surface area contributed by atoms with Crippen LogP contribution in [0.4, 0.5) is 5.69 Å². The van der Waals surface area contributed by atoms with Crippen LogP contribution in [0, 0.1) is 0 Å². The summed E-state index contributed by atoms with van der Waals surface area (Å²) in [7, 11) is 2.24. The van der Waals surface area contributed by atoms with E-state index in [1.807, 2.05) is 0 Å². The Morgan fingerprint density at radius 1 is 1.26 bits per heavy atom. The molecule has 3 nitrogen and oxygen atoms in total. The molecule has 1 N–H and O–H groups in total. The lowest BCUT2D eigenvalue weighted by atomic mass is 9.98. The second kappa shape index (κ2) is 4.80. The van der Waals surface area contributed by atoms with Crippen LogP contribution in [0.1, 0.15) is 25.0 Å². The lowest BCUT2D eigenvalue weighted by molar-refractivity contribution is 0.0361. The van der Waals surface area contributed by atoms with E-state index in [0.29, 0.717) is 0 Å². The van der Waals surface area contributed by atoms with E-state index in [1.54, 1.807) is 0 Å². The van der Waals surface area contributed by atoms with Gasteiger partial charge in [0.2, 0.25) is 0 Å². The van der Waals surface area contributed by atoms with Crippen molar-refractivity contribution in [3.63, 3.8) is 0 Å². The van der Waals surface area contributed by atoms with Crippen molar-refractivity contribution in [2.75, 3.05) is 38.5 Å². The SMILES string of the molecule is CN1CCN(Cc2cccc3c2NCC3)CC1(C)C. The number of likely N-dealkylation sites (N-methyl/N-ethyl adjacent to an activating group) is 1. The Balaban J connectivity index is 1.74. The number of piperazine rings is 1. The first kappa shape index (κ1) is 12.9. The summed E-state index contributed by atoms with van der Waals surface area (Å²) in [4.78, 5) is 5.06. The molecule has 0 saturated carbocycles. The summed E-state index contributed by atoms with van der Waals surface area (Å²) in [6.45, 7) is 10.3. The van der Waals surface area contributed by atoms with Crippen molar-refractivity contribution in [3.8, 4) is 0 Å². The molecule has 2 aliphatic heterocycles. The first-order valence-electron chi connectivity index (χ1n) is 7.34. The number of anilines is 1. The molecule has 0 radical (unpaired) electrons. The van der Waals surface area contributed by atoms with Crippen LogP contribution in [0.3, 0.4) is 0 Å². The first-order valence-corrected chi connectivity index (χ1v) is 7.34. The molecule has 104 valence electrons. The van der Waals surface area contributed by atoms with Crippen LogP contribution in [-0.4, -0.2) is 48.6 Å². The molecule has 0 amide bonds. The molecule has 1 aromatic rings. The van der Waals surface area contributed by atoms with Gasteiger partial charge in [0.25, 0.3) is 0 Å². The fourth-order valence-electron chi connectivity index (χ4n) is 3.26. The normalized spacial score (nSPS) is 23.1. The van der Waals surface area contributed by atoms with Crippen LogP contribution in [0.5, 0.6) is 0 Å². The van der Waals surface area contributed by atoms with Crippen LogP contribution >= 0.6 is 0 Å². The van der Waals surface area contributed by atoms with Gasteiger partial charge in [0.15, 0.2) is 0 Å². The van der Waals surface area contributed by atoms with Crippen LogP contribution in [0.15, 0.2) is 18.2 Å². The average molecular weight is 259 g/mol. The van der Waals surface area contributed by atoms with E-state index in [9.17, 15) is 0 Å². The van der Waals surface area contributed by atoms with Crippen LogP contribution in [-0.2, 0) is 13.0 Å². The Hall–Kier alpha value is -1.06.